The summed E-state index contributed by atoms with van der Waals surface area (Å²) in [4.78, 5) is 22.6. The maximum absolute atomic E-state index is 13.9. The van der Waals surface area contributed by atoms with Gasteiger partial charge < -0.3 is 23.3 Å². The third-order valence-corrected chi connectivity index (χ3v) is 22.1. The smallest absolute Gasteiger partial charge is 0.468 e. The van der Waals surface area contributed by atoms with E-state index >= 15 is 0 Å². The summed E-state index contributed by atoms with van der Waals surface area (Å²) in [5.74, 6) is 8.41. The molecule has 2 aromatic carbocycles. The van der Waals surface area contributed by atoms with Gasteiger partial charge in [-0.25, -0.2) is 9.13 Å². The first-order valence-corrected chi connectivity index (χ1v) is 35.4. The topological polar surface area (TPSA) is 114 Å². The molecule has 80 heavy (non-hydrogen) atoms. The van der Waals surface area contributed by atoms with Crippen molar-refractivity contribution in [3.63, 3.8) is 0 Å². The van der Waals surface area contributed by atoms with Gasteiger partial charge >= 0.3 is 15.5 Å². The number of aldehydes is 1. The Morgan fingerprint density at radius 2 is 0.938 bits per heavy atom. The Morgan fingerprint density at radius 3 is 1.44 bits per heavy atom. The van der Waals surface area contributed by atoms with Crippen molar-refractivity contribution < 1.29 is 41.5 Å². The highest BCUT2D eigenvalue weighted by molar-refractivity contribution is 7.69. The molecule has 0 amide bonds. The van der Waals surface area contributed by atoms with Crippen molar-refractivity contribution in [1.29, 1.82) is 0 Å². The quantitative estimate of drug-likeness (QED) is 0.0168. The Balaban J connectivity index is 0.00000163. The molecule has 0 N–H and O–H groups in total. The van der Waals surface area contributed by atoms with E-state index in [4.69, 9.17) is 18.5 Å². The lowest BCUT2D eigenvalue weighted by Crippen LogP contribution is -2.06. The Kier molecular flexibility index (Phi) is 28.4. The van der Waals surface area contributed by atoms with Crippen LogP contribution in [0.25, 0.3) is 61.3 Å². The van der Waals surface area contributed by atoms with Crippen LogP contribution >= 0.6 is 72.2 Å². The van der Waals surface area contributed by atoms with Gasteiger partial charge in [0.1, 0.15) is 22.4 Å². The fraction of sp³-hybridized carbons (Fsp3) is 0.453. The van der Waals surface area contributed by atoms with Crippen molar-refractivity contribution in [1.82, 2.24) is 0 Å². The molecular formula is C64H80O9P2S5. The van der Waals surface area contributed by atoms with Gasteiger partial charge in [0.05, 0.1) is 37.9 Å². The van der Waals surface area contributed by atoms with Crippen LogP contribution < -0.4 is 14.1 Å². The molecule has 0 saturated carbocycles. The van der Waals surface area contributed by atoms with Crippen LogP contribution in [0.1, 0.15) is 161 Å². The van der Waals surface area contributed by atoms with Gasteiger partial charge in [0.2, 0.25) is 0 Å². The second-order valence-electron chi connectivity index (χ2n) is 19.1. The van der Waals surface area contributed by atoms with E-state index in [1.54, 1.807) is 52.3 Å². The lowest BCUT2D eigenvalue weighted by atomic mass is 9.94. The summed E-state index contributed by atoms with van der Waals surface area (Å²) in [5, 5.41) is 0. The highest BCUT2D eigenvalue weighted by Gasteiger charge is 2.30. The zero-order chi connectivity index (χ0) is 57.1. The molecule has 0 aliphatic heterocycles. The molecule has 7 aromatic rings. The average Bonchev–Trinajstić information content (AvgIpc) is 4.38. The Labute approximate surface area is 497 Å². The molecule has 5 heterocycles. The van der Waals surface area contributed by atoms with E-state index in [9.17, 15) is 18.5 Å². The van der Waals surface area contributed by atoms with Crippen LogP contribution in [0.3, 0.4) is 0 Å². The first-order chi connectivity index (χ1) is 39.0. The number of thiophene rings is 5. The summed E-state index contributed by atoms with van der Waals surface area (Å²) in [6.45, 7) is 16.2. The standard InChI is InChI=1S/C62H75O6PS5.C2H5O3P/c1-7-13-16-19-20-21-22-23-26-47-27-28-58(70-47)59-32-30-55(72-59)49-41-45(10-4)48(42-46(49)37-38-63)54-29-33-60(71-54)61-34-31-56(73-61)50-43-53(66-40-25-18-15-9-3)51(44-52(50)65-39-24-17-14-8-2)57-35-36-62(74-57)69(64,67-11-5)68-12-6;1-2-5-6(3)4/h27-36,38,41-44H,7-22,24-25,37,39-40H2,1-6H3;2H2,1H3. The summed E-state index contributed by atoms with van der Waals surface area (Å²) in [6.07, 6.45) is 19.7. The molecule has 0 fully saturated rings. The van der Waals surface area contributed by atoms with Crippen molar-refractivity contribution in [2.24, 2.45) is 0 Å². The van der Waals surface area contributed by atoms with Crippen molar-refractivity contribution in [2.45, 2.75) is 158 Å². The number of hydrogen-bond acceptors (Lipinski definition) is 14. The number of unbranched alkanes of at least 4 members (excludes halogenated alkanes) is 12. The predicted octanol–water partition coefficient (Wildman–Crippen LogP) is 21.3. The van der Waals surface area contributed by atoms with Crippen LogP contribution in [0.15, 0.2) is 84.9 Å². The van der Waals surface area contributed by atoms with Crippen molar-refractivity contribution in [3.05, 3.63) is 101 Å². The highest BCUT2D eigenvalue weighted by Crippen LogP contribution is 2.52. The highest BCUT2D eigenvalue weighted by atomic mass is 32.1. The fourth-order valence-corrected chi connectivity index (χ4v) is 16.6. The molecular weight excluding hydrogens is 1130 g/mol. The molecule has 7 rings (SSSR count). The molecule has 0 aliphatic rings. The summed E-state index contributed by atoms with van der Waals surface area (Å²) in [7, 11) is -6.07. The van der Waals surface area contributed by atoms with Gasteiger partial charge in [0, 0.05) is 63.0 Å². The number of carbonyl (C=O) groups is 1. The van der Waals surface area contributed by atoms with Gasteiger partial charge in [-0.05, 0) is 154 Å². The number of benzene rings is 2. The fourth-order valence-electron chi connectivity index (χ4n) is 9.06. The van der Waals surface area contributed by atoms with E-state index in [1.165, 1.54) is 103 Å². The van der Waals surface area contributed by atoms with E-state index < -0.39 is 15.5 Å². The van der Waals surface area contributed by atoms with Crippen LogP contribution in [0.5, 0.6) is 11.5 Å². The number of ether oxygens (including phenoxy) is 2. The van der Waals surface area contributed by atoms with Crippen molar-refractivity contribution in [2.75, 3.05) is 33.0 Å². The van der Waals surface area contributed by atoms with Gasteiger partial charge in [-0.15, -0.1) is 56.7 Å². The molecule has 9 nitrogen and oxygen atoms in total. The van der Waals surface area contributed by atoms with Crippen LogP contribution in [0.2, 0.25) is 0 Å². The maximum atomic E-state index is 13.9. The SMILES string of the molecule is CCCCCCCCC#Cc1ccc(-c2ccc(-c3cc(CC)c(-c4ccc(-c5ccc(-c6cc(OCCCCCC)c(-c7ccc(P(=O)(OCC)OCC)s7)cc6OCCCCCC)s5)s4)cc3CC=O)s2)s1.CCOP(=O)=O. The maximum Gasteiger partial charge on any atom is 0.468 e. The minimum atomic E-state index is -3.47. The Hall–Kier alpha value is -4.22. The molecule has 0 bridgehead atoms. The molecule has 5 aromatic heterocycles. The minimum Gasteiger partial charge on any atom is -0.493 e. The van der Waals surface area contributed by atoms with Crippen molar-refractivity contribution in [3.8, 4) is 84.6 Å². The van der Waals surface area contributed by atoms with Crippen LogP contribution in [-0.4, -0.2) is 39.3 Å². The Bertz CT molecular complexity index is 3160. The number of aryl methyl sites for hydroxylation is 1. The van der Waals surface area contributed by atoms with Gasteiger partial charge in [-0.3, -0.25) is 9.09 Å². The van der Waals surface area contributed by atoms with Gasteiger partial charge in [-0.1, -0.05) is 110 Å². The molecule has 0 unspecified atom stereocenters. The third-order valence-electron chi connectivity index (χ3n) is 13.1. The normalized spacial score (nSPS) is 11.3. The summed E-state index contributed by atoms with van der Waals surface area (Å²) in [6, 6.07) is 30.4. The summed E-state index contributed by atoms with van der Waals surface area (Å²) in [5.41, 5.74) is 6.54. The van der Waals surface area contributed by atoms with Gasteiger partial charge in [-0.2, -0.15) is 0 Å². The van der Waals surface area contributed by atoms with Gasteiger partial charge in [0.15, 0.2) is 0 Å². The first-order valence-electron chi connectivity index (χ1n) is 28.7. The van der Waals surface area contributed by atoms with Crippen molar-refractivity contribution >= 4 is 83.1 Å². The molecule has 16 heteroatoms. The molecule has 0 atom stereocenters. The molecule has 430 valence electrons. The van der Waals surface area contributed by atoms with E-state index in [1.807, 2.05) is 26.0 Å². The summed E-state index contributed by atoms with van der Waals surface area (Å²) >= 11 is 8.54. The second-order valence-corrected chi connectivity index (χ2v) is 27.6. The number of rotatable bonds is 34. The van der Waals surface area contributed by atoms with E-state index in [2.05, 4.69) is 117 Å². The molecule has 0 spiro atoms. The second kappa shape index (κ2) is 35.0. The zero-order valence-electron chi connectivity index (χ0n) is 47.8. The molecule has 0 radical (unpaired) electrons. The first kappa shape index (κ1) is 64.9. The minimum absolute atomic E-state index is 0.235. The van der Waals surface area contributed by atoms with Crippen LogP contribution in [0, 0.1) is 11.8 Å². The number of hydrogen-bond donors (Lipinski definition) is 0. The van der Waals surface area contributed by atoms with E-state index in [0.717, 1.165) is 106 Å². The zero-order valence-corrected chi connectivity index (χ0v) is 53.7. The third kappa shape index (κ3) is 19.2. The lowest BCUT2D eigenvalue weighted by molar-refractivity contribution is -0.107. The largest absolute Gasteiger partial charge is 0.493 e. The molecule has 0 aliphatic carbocycles. The Morgan fingerprint density at radius 1 is 0.487 bits per heavy atom. The van der Waals surface area contributed by atoms with Gasteiger partial charge in [0.25, 0.3) is 0 Å². The summed E-state index contributed by atoms with van der Waals surface area (Å²) < 4.78 is 62.2. The number of carbonyl (C=O) groups excluding carboxylic acids is 1. The van der Waals surface area contributed by atoms with Crippen LogP contribution in [-0.2, 0) is 44.9 Å². The molecule has 0 saturated heterocycles. The predicted molar refractivity (Wildman–Crippen MR) is 342 cm³/mol. The monoisotopic (exact) mass is 1210 g/mol. The average molecular weight is 1220 g/mol. The lowest BCUT2D eigenvalue weighted by Gasteiger charge is -2.17. The van der Waals surface area contributed by atoms with E-state index in [0.29, 0.717) is 24.3 Å². The van der Waals surface area contributed by atoms with E-state index in [-0.39, 0.29) is 19.8 Å². The van der Waals surface area contributed by atoms with Crippen LogP contribution in [0.4, 0.5) is 0 Å².